The van der Waals surface area contributed by atoms with Crippen LogP contribution < -0.4 is 10.2 Å². The fraction of sp³-hybridized carbons (Fsp3) is 0.440. The predicted molar refractivity (Wildman–Crippen MR) is 120 cm³/mol. The number of nitrogens with zero attached hydrogens (tertiary/aromatic N) is 1. The van der Waals surface area contributed by atoms with E-state index >= 15 is 0 Å². The van der Waals surface area contributed by atoms with Crippen LogP contribution in [-0.2, 0) is 16.0 Å². The van der Waals surface area contributed by atoms with Gasteiger partial charge < -0.3 is 10.2 Å². The summed E-state index contributed by atoms with van der Waals surface area (Å²) in [6.45, 7) is 11.1. The summed E-state index contributed by atoms with van der Waals surface area (Å²) in [6.07, 6.45) is 1.09. The van der Waals surface area contributed by atoms with E-state index in [0.717, 1.165) is 23.2 Å². The summed E-state index contributed by atoms with van der Waals surface area (Å²) in [5, 5.41) is 2.97. The monoisotopic (exact) mass is 394 g/mol. The maximum absolute atomic E-state index is 12.5. The number of anilines is 1. The second-order valence-electron chi connectivity index (χ2n) is 8.10. The molecule has 0 aliphatic carbocycles. The van der Waals surface area contributed by atoms with E-state index in [-0.39, 0.29) is 11.8 Å². The number of nitrogens with one attached hydrogen (secondary N) is 1. The summed E-state index contributed by atoms with van der Waals surface area (Å²) in [5.74, 6) is 0.535. The van der Waals surface area contributed by atoms with Gasteiger partial charge in [0, 0.05) is 26.4 Å². The van der Waals surface area contributed by atoms with Crippen LogP contribution >= 0.6 is 0 Å². The van der Waals surface area contributed by atoms with Crippen LogP contribution in [0.4, 0.5) is 5.69 Å². The first-order valence-corrected chi connectivity index (χ1v) is 10.5. The van der Waals surface area contributed by atoms with Crippen LogP contribution in [0.3, 0.4) is 0 Å². The van der Waals surface area contributed by atoms with Crippen LogP contribution in [0.5, 0.6) is 0 Å². The van der Waals surface area contributed by atoms with Gasteiger partial charge in [0.2, 0.25) is 11.8 Å². The van der Waals surface area contributed by atoms with Crippen molar-refractivity contribution in [3.8, 4) is 0 Å². The van der Waals surface area contributed by atoms with Crippen LogP contribution in [0.25, 0.3) is 0 Å². The van der Waals surface area contributed by atoms with E-state index in [2.05, 4.69) is 63.3 Å². The molecule has 0 heterocycles. The number of benzene rings is 2. The van der Waals surface area contributed by atoms with E-state index in [0.29, 0.717) is 31.3 Å². The van der Waals surface area contributed by atoms with Gasteiger partial charge in [0.05, 0.1) is 5.69 Å². The minimum atomic E-state index is -0.0305. The smallest absolute Gasteiger partial charge is 0.223 e. The van der Waals surface area contributed by atoms with Crippen molar-refractivity contribution < 1.29 is 9.59 Å². The Morgan fingerprint density at radius 2 is 1.48 bits per heavy atom. The summed E-state index contributed by atoms with van der Waals surface area (Å²) < 4.78 is 0. The Balaban J connectivity index is 2.07. The van der Waals surface area contributed by atoms with Crippen molar-refractivity contribution >= 4 is 17.5 Å². The zero-order chi connectivity index (χ0) is 21.4. The number of hydrogen-bond acceptors (Lipinski definition) is 2. The van der Waals surface area contributed by atoms with Gasteiger partial charge in [-0.3, -0.25) is 9.59 Å². The van der Waals surface area contributed by atoms with Crippen LogP contribution in [0.2, 0.25) is 0 Å². The molecule has 4 heteroatoms. The van der Waals surface area contributed by atoms with Gasteiger partial charge in [-0.25, -0.2) is 0 Å². The molecular formula is C25H34N2O2. The van der Waals surface area contributed by atoms with Gasteiger partial charge in [0.25, 0.3) is 0 Å². The summed E-state index contributed by atoms with van der Waals surface area (Å²) >= 11 is 0. The Morgan fingerprint density at radius 1 is 0.897 bits per heavy atom. The average molecular weight is 395 g/mol. The molecule has 0 aromatic heterocycles. The van der Waals surface area contributed by atoms with Crippen LogP contribution in [0.15, 0.2) is 48.5 Å². The first-order chi connectivity index (χ1) is 13.8. The highest BCUT2D eigenvalue weighted by molar-refractivity contribution is 5.94. The SMILES string of the molecule is CC(=O)N(CCC(=O)NCCc1ccccc1)c1c(C(C)C)cccc1C(C)C. The van der Waals surface area contributed by atoms with E-state index in [1.807, 2.05) is 18.2 Å². The molecule has 2 aromatic carbocycles. The fourth-order valence-electron chi connectivity index (χ4n) is 3.54. The van der Waals surface area contributed by atoms with Gasteiger partial charge in [0.1, 0.15) is 0 Å². The van der Waals surface area contributed by atoms with E-state index in [9.17, 15) is 9.59 Å². The van der Waals surface area contributed by atoms with Gasteiger partial charge in [-0.15, -0.1) is 0 Å². The van der Waals surface area contributed by atoms with Crippen molar-refractivity contribution in [2.45, 2.75) is 59.3 Å². The third kappa shape index (κ3) is 6.45. The van der Waals surface area contributed by atoms with Crippen molar-refractivity contribution in [3.05, 3.63) is 65.2 Å². The molecule has 0 aliphatic rings. The number of carbonyl (C=O) groups is 2. The number of rotatable bonds is 9. The molecule has 29 heavy (non-hydrogen) atoms. The zero-order valence-electron chi connectivity index (χ0n) is 18.4. The van der Waals surface area contributed by atoms with Gasteiger partial charge in [-0.05, 0) is 34.9 Å². The Hall–Kier alpha value is -2.62. The van der Waals surface area contributed by atoms with Crippen molar-refractivity contribution in [2.75, 3.05) is 18.0 Å². The second-order valence-corrected chi connectivity index (χ2v) is 8.10. The molecule has 1 N–H and O–H groups in total. The van der Waals surface area contributed by atoms with Crippen molar-refractivity contribution in [1.29, 1.82) is 0 Å². The number of hydrogen-bond donors (Lipinski definition) is 1. The van der Waals surface area contributed by atoms with E-state index < -0.39 is 0 Å². The lowest BCUT2D eigenvalue weighted by Gasteiger charge is -2.29. The Bertz CT molecular complexity index is 787. The Morgan fingerprint density at radius 3 is 2.00 bits per heavy atom. The maximum Gasteiger partial charge on any atom is 0.223 e. The Kier molecular flexibility index (Phi) is 8.44. The summed E-state index contributed by atoms with van der Waals surface area (Å²) in [5.41, 5.74) is 4.47. The molecule has 0 aliphatic heterocycles. The number of amides is 2. The predicted octanol–water partition coefficient (Wildman–Crippen LogP) is 5.04. The Labute approximate surface area is 175 Å². The fourth-order valence-corrected chi connectivity index (χ4v) is 3.54. The zero-order valence-corrected chi connectivity index (χ0v) is 18.4. The lowest BCUT2D eigenvalue weighted by molar-refractivity contribution is -0.121. The molecule has 0 atom stereocenters. The molecule has 2 aromatic rings. The molecule has 0 unspecified atom stereocenters. The highest BCUT2D eigenvalue weighted by Crippen LogP contribution is 2.35. The molecule has 0 spiro atoms. The third-order valence-electron chi connectivity index (χ3n) is 5.13. The lowest BCUT2D eigenvalue weighted by atomic mass is 9.91. The number of carbonyl (C=O) groups excluding carboxylic acids is 2. The summed E-state index contributed by atoms with van der Waals surface area (Å²) in [6, 6.07) is 16.3. The molecule has 0 fully saturated rings. The van der Waals surface area contributed by atoms with Crippen molar-refractivity contribution in [2.24, 2.45) is 0 Å². The van der Waals surface area contributed by atoms with E-state index in [1.165, 1.54) is 5.56 Å². The van der Waals surface area contributed by atoms with Gasteiger partial charge in [-0.1, -0.05) is 76.2 Å². The molecule has 4 nitrogen and oxygen atoms in total. The highest BCUT2D eigenvalue weighted by atomic mass is 16.2. The average Bonchev–Trinajstić information content (AvgIpc) is 2.68. The molecule has 2 rings (SSSR count). The minimum Gasteiger partial charge on any atom is -0.356 e. The quantitative estimate of drug-likeness (QED) is 0.648. The molecule has 0 radical (unpaired) electrons. The molecule has 0 bridgehead atoms. The summed E-state index contributed by atoms with van der Waals surface area (Å²) in [7, 11) is 0. The largest absolute Gasteiger partial charge is 0.356 e. The van der Waals surface area contributed by atoms with Crippen LogP contribution in [0, 0.1) is 0 Å². The van der Waals surface area contributed by atoms with Crippen molar-refractivity contribution in [3.63, 3.8) is 0 Å². The molecule has 0 saturated heterocycles. The van der Waals surface area contributed by atoms with Gasteiger partial charge in [-0.2, -0.15) is 0 Å². The first kappa shape index (κ1) is 22.7. The highest BCUT2D eigenvalue weighted by Gasteiger charge is 2.22. The summed E-state index contributed by atoms with van der Waals surface area (Å²) in [4.78, 5) is 26.7. The van der Waals surface area contributed by atoms with Crippen LogP contribution in [0.1, 0.15) is 69.6 Å². The van der Waals surface area contributed by atoms with Gasteiger partial charge in [0.15, 0.2) is 0 Å². The number of para-hydroxylation sites is 1. The minimum absolute atomic E-state index is 0.0275. The second kappa shape index (κ2) is 10.8. The van der Waals surface area contributed by atoms with Crippen molar-refractivity contribution in [1.82, 2.24) is 5.32 Å². The first-order valence-electron chi connectivity index (χ1n) is 10.5. The maximum atomic E-state index is 12.5. The third-order valence-corrected chi connectivity index (χ3v) is 5.13. The van der Waals surface area contributed by atoms with Crippen LogP contribution in [-0.4, -0.2) is 24.9 Å². The normalized spacial score (nSPS) is 11.0. The molecule has 156 valence electrons. The molecular weight excluding hydrogens is 360 g/mol. The molecule has 2 amide bonds. The topological polar surface area (TPSA) is 49.4 Å². The standard InChI is InChI=1S/C25H34N2O2/c1-18(2)22-12-9-13-23(19(3)4)25(22)27(20(5)28)17-15-24(29)26-16-14-21-10-7-6-8-11-21/h6-13,18-19H,14-17H2,1-5H3,(H,26,29). The van der Waals surface area contributed by atoms with E-state index in [4.69, 9.17) is 0 Å². The van der Waals surface area contributed by atoms with Gasteiger partial charge >= 0.3 is 0 Å². The van der Waals surface area contributed by atoms with E-state index in [1.54, 1.807) is 11.8 Å². The lowest BCUT2D eigenvalue weighted by Crippen LogP contribution is -2.35. The molecule has 0 saturated carbocycles.